The maximum atomic E-state index is 11.7. The van der Waals surface area contributed by atoms with Gasteiger partial charge in [-0.1, -0.05) is 37.3 Å². The van der Waals surface area contributed by atoms with Crippen molar-refractivity contribution in [3.8, 4) is 0 Å². The van der Waals surface area contributed by atoms with Crippen molar-refractivity contribution >= 4 is 12.1 Å². The van der Waals surface area contributed by atoms with Crippen LogP contribution in [-0.2, 0) is 11.2 Å². The van der Waals surface area contributed by atoms with E-state index < -0.39 is 17.2 Å². The first-order chi connectivity index (χ1) is 10.6. The Bertz CT molecular complexity index is 779. The molecule has 8 heteroatoms. The average molecular weight is 301 g/mol. The number of nitrogens with one attached hydrogen (secondary N) is 3. The number of aromatic amines is 2. The molecule has 1 amide bonds. The van der Waals surface area contributed by atoms with Crippen LogP contribution in [0.25, 0.3) is 0 Å². The van der Waals surface area contributed by atoms with Gasteiger partial charge in [0.1, 0.15) is 5.69 Å². The number of hydrogen-bond donors (Lipinski definition) is 3. The summed E-state index contributed by atoms with van der Waals surface area (Å²) in [4.78, 5) is 35.8. The lowest BCUT2D eigenvalue weighted by atomic mass is 10.0. The quantitative estimate of drug-likeness (QED) is 0.528. The highest BCUT2D eigenvalue weighted by Gasteiger charge is 2.08. The molecule has 0 radical (unpaired) electrons. The van der Waals surface area contributed by atoms with Crippen LogP contribution in [0.5, 0.6) is 0 Å². The Hall–Kier alpha value is -3.03. The standard InChI is InChI=1S/C14H15N5O3/c1-9(10-5-3-2-4-6-10)8-15-18-12(20)7-11-13(21)16-14(22)19-17-11/h2-6,8-9H,7H2,1H3,(H,18,20)(H2,16,19,21,22). The summed E-state index contributed by atoms with van der Waals surface area (Å²) >= 11 is 0. The summed E-state index contributed by atoms with van der Waals surface area (Å²) in [6.45, 7) is 1.94. The van der Waals surface area contributed by atoms with E-state index in [1.807, 2.05) is 42.2 Å². The minimum Gasteiger partial charge on any atom is -0.273 e. The molecule has 0 spiro atoms. The lowest BCUT2D eigenvalue weighted by Gasteiger charge is -2.05. The molecular formula is C14H15N5O3. The molecule has 2 aromatic rings. The number of aromatic nitrogens is 3. The second kappa shape index (κ2) is 7.11. The fraction of sp³-hybridized carbons (Fsp3) is 0.214. The molecular weight excluding hydrogens is 286 g/mol. The number of hydrogen-bond acceptors (Lipinski definition) is 5. The van der Waals surface area contributed by atoms with Crippen molar-refractivity contribution in [2.45, 2.75) is 19.3 Å². The minimum atomic E-state index is -0.719. The van der Waals surface area contributed by atoms with Gasteiger partial charge in [-0.2, -0.15) is 10.2 Å². The van der Waals surface area contributed by atoms with Gasteiger partial charge >= 0.3 is 5.69 Å². The van der Waals surface area contributed by atoms with E-state index in [9.17, 15) is 14.4 Å². The number of nitrogens with zero attached hydrogens (tertiary/aromatic N) is 2. The fourth-order valence-corrected chi connectivity index (χ4v) is 1.75. The highest BCUT2D eigenvalue weighted by molar-refractivity contribution is 5.79. The molecule has 0 aliphatic carbocycles. The van der Waals surface area contributed by atoms with Crippen LogP contribution in [0.1, 0.15) is 24.1 Å². The monoisotopic (exact) mass is 301 g/mol. The topological polar surface area (TPSA) is 120 Å². The molecule has 8 nitrogen and oxygen atoms in total. The van der Waals surface area contributed by atoms with Crippen LogP contribution in [-0.4, -0.2) is 27.3 Å². The minimum absolute atomic E-state index is 0.0381. The molecule has 1 heterocycles. The summed E-state index contributed by atoms with van der Waals surface area (Å²) < 4.78 is 0. The van der Waals surface area contributed by atoms with Gasteiger partial charge in [-0.15, -0.1) is 0 Å². The van der Waals surface area contributed by atoms with Crippen molar-refractivity contribution in [2.75, 3.05) is 0 Å². The van der Waals surface area contributed by atoms with Gasteiger partial charge in [0.05, 0.1) is 6.42 Å². The number of amides is 1. The molecule has 0 saturated carbocycles. The maximum absolute atomic E-state index is 11.7. The number of hydrazone groups is 1. The van der Waals surface area contributed by atoms with Crippen LogP contribution in [0, 0.1) is 0 Å². The van der Waals surface area contributed by atoms with E-state index in [4.69, 9.17) is 0 Å². The Morgan fingerprint density at radius 3 is 2.77 bits per heavy atom. The molecule has 1 aromatic heterocycles. The van der Waals surface area contributed by atoms with E-state index in [1.165, 1.54) is 0 Å². The normalized spacial score (nSPS) is 12.2. The number of benzene rings is 1. The molecule has 1 atom stereocenters. The molecule has 0 fully saturated rings. The predicted octanol–water partition coefficient (Wildman–Crippen LogP) is -0.0936. The van der Waals surface area contributed by atoms with Crippen molar-refractivity contribution in [1.82, 2.24) is 20.6 Å². The summed E-state index contributed by atoms with van der Waals surface area (Å²) in [5, 5.41) is 9.43. The largest absolute Gasteiger partial charge is 0.342 e. The number of rotatable bonds is 5. The van der Waals surface area contributed by atoms with Crippen molar-refractivity contribution in [1.29, 1.82) is 0 Å². The molecule has 0 bridgehead atoms. The van der Waals surface area contributed by atoms with Crippen molar-refractivity contribution in [3.05, 3.63) is 62.4 Å². The van der Waals surface area contributed by atoms with Gasteiger partial charge in [0.15, 0.2) is 0 Å². The third-order valence-corrected chi connectivity index (χ3v) is 2.92. The maximum Gasteiger partial charge on any atom is 0.342 e. The van der Waals surface area contributed by atoms with Crippen LogP contribution >= 0.6 is 0 Å². The van der Waals surface area contributed by atoms with Crippen molar-refractivity contribution < 1.29 is 4.79 Å². The molecule has 0 aliphatic rings. The Balaban J connectivity index is 1.91. The molecule has 0 aliphatic heterocycles. The number of carbonyl (C=O) groups excluding carboxylic acids is 1. The lowest BCUT2D eigenvalue weighted by molar-refractivity contribution is -0.120. The summed E-state index contributed by atoms with van der Waals surface area (Å²) in [5.74, 6) is -0.460. The van der Waals surface area contributed by atoms with Crippen LogP contribution in [0.4, 0.5) is 0 Å². The second-order valence-corrected chi connectivity index (χ2v) is 4.64. The summed E-state index contributed by atoms with van der Waals surface area (Å²) in [6, 6.07) is 9.69. The fourth-order valence-electron chi connectivity index (χ4n) is 1.75. The van der Waals surface area contributed by atoms with E-state index >= 15 is 0 Å². The molecule has 114 valence electrons. The Kier molecular flexibility index (Phi) is 4.97. The highest BCUT2D eigenvalue weighted by atomic mass is 16.2. The zero-order chi connectivity index (χ0) is 15.9. The predicted molar refractivity (Wildman–Crippen MR) is 80.7 cm³/mol. The zero-order valence-corrected chi connectivity index (χ0v) is 11.9. The molecule has 3 N–H and O–H groups in total. The lowest BCUT2D eigenvalue weighted by Crippen LogP contribution is -2.31. The molecule has 0 saturated heterocycles. The second-order valence-electron chi connectivity index (χ2n) is 4.64. The first kappa shape index (κ1) is 15.4. The van der Waals surface area contributed by atoms with Gasteiger partial charge in [0.25, 0.3) is 5.56 Å². The first-order valence-corrected chi connectivity index (χ1v) is 6.61. The van der Waals surface area contributed by atoms with Crippen LogP contribution in [0.2, 0.25) is 0 Å². The van der Waals surface area contributed by atoms with Crippen LogP contribution < -0.4 is 16.7 Å². The third-order valence-electron chi connectivity index (χ3n) is 2.92. The number of H-pyrrole nitrogens is 2. The third kappa shape index (κ3) is 4.23. The van der Waals surface area contributed by atoms with Gasteiger partial charge in [0, 0.05) is 12.1 Å². The Labute approximate surface area is 125 Å². The van der Waals surface area contributed by atoms with E-state index in [1.54, 1.807) is 6.21 Å². The molecule has 22 heavy (non-hydrogen) atoms. The van der Waals surface area contributed by atoms with E-state index in [2.05, 4.69) is 20.7 Å². The van der Waals surface area contributed by atoms with Crippen molar-refractivity contribution in [3.63, 3.8) is 0 Å². The van der Waals surface area contributed by atoms with E-state index in [-0.39, 0.29) is 18.0 Å². The van der Waals surface area contributed by atoms with Crippen LogP contribution in [0.3, 0.4) is 0 Å². The van der Waals surface area contributed by atoms with Crippen LogP contribution in [0.15, 0.2) is 45.0 Å². The van der Waals surface area contributed by atoms with Gasteiger partial charge in [-0.3, -0.25) is 14.6 Å². The SMILES string of the molecule is CC(C=NNC(=O)Cc1n[nH]c(=O)[nH]c1=O)c1ccccc1. The number of carbonyl (C=O) groups is 1. The molecule has 1 unspecified atom stereocenters. The van der Waals surface area contributed by atoms with Crippen molar-refractivity contribution in [2.24, 2.45) is 5.10 Å². The van der Waals surface area contributed by atoms with Gasteiger partial charge in [0.2, 0.25) is 5.91 Å². The highest BCUT2D eigenvalue weighted by Crippen LogP contribution is 2.11. The Morgan fingerprint density at radius 2 is 2.09 bits per heavy atom. The summed E-state index contributed by atoms with van der Waals surface area (Å²) in [5.41, 5.74) is 1.90. The molecule has 2 rings (SSSR count). The van der Waals surface area contributed by atoms with Gasteiger partial charge in [-0.05, 0) is 5.56 Å². The smallest absolute Gasteiger partial charge is 0.273 e. The molecule has 1 aromatic carbocycles. The van der Waals surface area contributed by atoms with E-state index in [0.29, 0.717) is 0 Å². The van der Waals surface area contributed by atoms with Gasteiger partial charge < -0.3 is 0 Å². The summed E-state index contributed by atoms with van der Waals surface area (Å²) in [6.07, 6.45) is 1.32. The van der Waals surface area contributed by atoms with E-state index in [0.717, 1.165) is 5.56 Å². The first-order valence-electron chi connectivity index (χ1n) is 6.61. The van der Waals surface area contributed by atoms with Gasteiger partial charge in [-0.25, -0.2) is 15.3 Å². The average Bonchev–Trinajstić information content (AvgIpc) is 2.51. The Morgan fingerprint density at radius 1 is 1.36 bits per heavy atom. The summed E-state index contributed by atoms with van der Waals surface area (Å²) in [7, 11) is 0. The zero-order valence-electron chi connectivity index (χ0n) is 11.9.